The van der Waals surface area contributed by atoms with E-state index in [0.29, 0.717) is 23.3 Å². The molecule has 0 atom stereocenters. The maximum Gasteiger partial charge on any atom is 0.259 e. The molecule has 2 aliphatic carbocycles. The van der Waals surface area contributed by atoms with E-state index in [1.54, 1.807) is 0 Å². The van der Waals surface area contributed by atoms with Crippen LogP contribution in [0, 0.1) is 5.41 Å². The van der Waals surface area contributed by atoms with Crippen LogP contribution in [0.2, 0.25) is 0 Å². The van der Waals surface area contributed by atoms with Gasteiger partial charge in [-0.05, 0) is 50.0 Å². The zero-order valence-electron chi connectivity index (χ0n) is 16.5. The molecule has 2 N–H and O–H groups in total. The Morgan fingerprint density at radius 3 is 2.50 bits per heavy atom. The third kappa shape index (κ3) is 3.31. The predicted molar refractivity (Wildman–Crippen MR) is 107 cm³/mol. The van der Waals surface area contributed by atoms with Gasteiger partial charge in [0.05, 0.1) is 22.2 Å². The SMILES string of the molecule is CC(C)(C)Cc1noc2nc(C3CC3)cc(-c3nc(C4(N)CCC4)no3)c12.Cl. The fourth-order valence-corrected chi connectivity index (χ4v) is 3.73. The van der Waals surface area contributed by atoms with E-state index in [9.17, 15) is 0 Å². The van der Waals surface area contributed by atoms with Crippen molar-refractivity contribution in [3.8, 4) is 11.5 Å². The highest BCUT2D eigenvalue weighted by Crippen LogP contribution is 2.43. The molecule has 28 heavy (non-hydrogen) atoms. The Bertz CT molecular complexity index is 1010. The van der Waals surface area contributed by atoms with Gasteiger partial charge >= 0.3 is 0 Å². The van der Waals surface area contributed by atoms with Crippen molar-refractivity contribution in [1.29, 1.82) is 0 Å². The number of pyridine rings is 1. The minimum absolute atomic E-state index is 0. The van der Waals surface area contributed by atoms with Crippen LogP contribution in [-0.4, -0.2) is 20.3 Å². The quantitative estimate of drug-likeness (QED) is 0.683. The first-order valence-electron chi connectivity index (χ1n) is 9.75. The molecule has 8 heteroatoms. The number of halogens is 1. The highest BCUT2D eigenvalue weighted by atomic mass is 35.5. The monoisotopic (exact) mass is 403 g/mol. The van der Waals surface area contributed by atoms with Gasteiger partial charge in [-0.1, -0.05) is 31.1 Å². The van der Waals surface area contributed by atoms with Crippen LogP contribution in [0.4, 0.5) is 0 Å². The van der Waals surface area contributed by atoms with Crippen LogP contribution in [0.25, 0.3) is 22.6 Å². The lowest BCUT2D eigenvalue weighted by Crippen LogP contribution is -2.44. The number of nitrogens with two attached hydrogens (primary N) is 1. The van der Waals surface area contributed by atoms with Gasteiger partial charge in [-0.2, -0.15) is 4.98 Å². The number of fused-ring (bicyclic) bond motifs is 1. The van der Waals surface area contributed by atoms with Crippen LogP contribution >= 0.6 is 12.4 Å². The summed E-state index contributed by atoms with van der Waals surface area (Å²) in [4.78, 5) is 9.38. The van der Waals surface area contributed by atoms with Gasteiger partial charge in [-0.25, -0.2) is 4.98 Å². The molecule has 150 valence electrons. The molecule has 0 unspecified atom stereocenters. The van der Waals surface area contributed by atoms with Crippen molar-refractivity contribution < 1.29 is 9.05 Å². The second-order valence-electron chi connectivity index (χ2n) is 9.35. The summed E-state index contributed by atoms with van der Waals surface area (Å²) in [5.74, 6) is 1.56. The molecule has 3 aromatic rings. The van der Waals surface area contributed by atoms with Gasteiger partial charge in [0.2, 0.25) is 0 Å². The lowest BCUT2D eigenvalue weighted by atomic mass is 9.77. The Balaban J connectivity index is 0.00000192. The number of hydrogen-bond donors (Lipinski definition) is 1. The van der Waals surface area contributed by atoms with E-state index in [4.69, 9.17) is 19.8 Å². The van der Waals surface area contributed by atoms with Crippen molar-refractivity contribution in [2.45, 2.75) is 70.8 Å². The summed E-state index contributed by atoms with van der Waals surface area (Å²) in [5, 5.41) is 9.39. The van der Waals surface area contributed by atoms with Gasteiger partial charge in [0, 0.05) is 11.6 Å². The molecule has 0 amide bonds. The molecular weight excluding hydrogens is 378 g/mol. The first kappa shape index (κ1) is 19.3. The molecule has 3 aromatic heterocycles. The average molecular weight is 404 g/mol. The zero-order valence-corrected chi connectivity index (χ0v) is 17.3. The van der Waals surface area contributed by atoms with E-state index < -0.39 is 5.54 Å². The zero-order chi connectivity index (χ0) is 18.8. The van der Waals surface area contributed by atoms with Gasteiger partial charge in [-0.3, -0.25) is 0 Å². The van der Waals surface area contributed by atoms with Crippen molar-refractivity contribution >= 4 is 23.5 Å². The molecule has 3 heterocycles. The molecule has 0 radical (unpaired) electrons. The van der Waals surface area contributed by atoms with E-state index in [1.807, 2.05) is 0 Å². The van der Waals surface area contributed by atoms with E-state index >= 15 is 0 Å². The van der Waals surface area contributed by atoms with Crippen molar-refractivity contribution in [1.82, 2.24) is 20.3 Å². The van der Waals surface area contributed by atoms with Gasteiger partial charge < -0.3 is 14.8 Å². The Morgan fingerprint density at radius 2 is 1.89 bits per heavy atom. The number of aromatic nitrogens is 4. The van der Waals surface area contributed by atoms with E-state index in [2.05, 4.69) is 42.1 Å². The summed E-state index contributed by atoms with van der Waals surface area (Å²) in [6, 6.07) is 2.07. The number of hydrogen-bond acceptors (Lipinski definition) is 7. The fourth-order valence-electron chi connectivity index (χ4n) is 3.73. The summed E-state index contributed by atoms with van der Waals surface area (Å²) in [5.41, 5.74) is 9.32. The van der Waals surface area contributed by atoms with Crippen LogP contribution in [0.3, 0.4) is 0 Å². The van der Waals surface area contributed by atoms with Crippen molar-refractivity contribution in [2.24, 2.45) is 11.1 Å². The predicted octanol–water partition coefficient (Wildman–Crippen LogP) is 4.50. The van der Waals surface area contributed by atoms with Crippen LogP contribution < -0.4 is 5.73 Å². The van der Waals surface area contributed by atoms with Crippen molar-refractivity contribution in [3.05, 3.63) is 23.3 Å². The smallest absolute Gasteiger partial charge is 0.259 e. The molecule has 5 rings (SSSR count). The fraction of sp³-hybridized carbons (Fsp3) is 0.600. The van der Waals surface area contributed by atoms with Crippen LogP contribution in [0.5, 0.6) is 0 Å². The summed E-state index contributed by atoms with van der Waals surface area (Å²) < 4.78 is 11.3. The summed E-state index contributed by atoms with van der Waals surface area (Å²) in [7, 11) is 0. The minimum Gasteiger partial charge on any atom is -0.336 e. The molecule has 0 spiro atoms. The third-order valence-electron chi connectivity index (χ3n) is 5.58. The van der Waals surface area contributed by atoms with Gasteiger partial charge in [0.1, 0.15) is 0 Å². The van der Waals surface area contributed by atoms with Crippen LogP contribution in [0.1, 0.15) is 76.0 Å². The molecule has 2 fully saturated rings. The molecule has 2 aliphatic rings. The summed E-state index contributed by atoms with van der Waals surface area (Å²) >= 11 is 0. The molecule has 0 aromatic carbocycles. The van der Waals surface area contributed by atoms with Crippen molar-refractivity contribution in [2.75, 3.05) is 0 Å². The summed E-state index contributed by atoms with van der Waals surface area (Å²) in [6.07, 6.45) is 5.98. The van der Waals surface area contributed by atoms with Crippen molar-refractivity contribution in [3.63, 3.8) is 0 Å². The average Bonchev–Trinajstić information content (AvgIpc) is 3.18. The van der Waals surface area contributed by atoms with Gasteiger partial charge in [0.25, 0.3) is 11.6 Å². The highest BCUT2D eigenvalue weighted by molar-refractivity contribution is 5.91. The Hall–Kier alpha value is -1.99. The second kappa shape index (κ2) is 6.52. The Labute approximate surface area is 169 Å². The van der Waals surface area contributed by atoms with E-state index in [1.165, 1.54) is 0 Å². The van der Waals surface area contributed by atoms with Gasteiger partial charge in [-0.15, -0.1) is 12.4 Å². The largest absolute Gasteiger partial charge is 0.336 e. The molecule has 7 nitrogen and oxygen atoms in total. The lowest BCUT2D eigenvalue weighted by molar-refractivity contribution is 0.229. The second-order valence-corrected chi connectivity index (χ2v) is 9.35. The Morgan fingerprint density at radius 1 is 1.14 bits per heavy atom. The summed E-state index contributed by atoms with van der Waals surface area (Å²) in [6.45, 7) is 6.54. The first-order chi connectivity index (χ1) is 12.8. The standard InChI is InChI=1S/C20H25N5O2.ClH/c1-19(2,3)10-14-15-12(9-13(11-5-6-11)22-17(15)27-24-14)16-23-18(25-26-16)20(21)7-4-8-20;/h9,11H,4-8,10,21H2,1-3H3;1H. The maximum absolute atomic E-state index is 6.38. The van der Waals surface area contributed by atoms with E-state index in [-0.39, 0.29) is 17.8 Å². The normalized spacial score (nSPS) is 18.7. The first-order valence-corrected chi connectivity index (χ1v) is 9.75. The van der Waals surface area contributed by atoms with E-state index in [0.717, 1.165) is 60.9 Å². The molecule has 0 bridgehead atoms. The lowest BCUT2D eigenvalue weighted by Gasteiger charge is -2.34. The van der Waals surface area contributed by atoms with Crippen LogP contribution in [-0.2, 0) is 12.0 Å². The highest BCUT2D eigenvalue weighted by Gasteiger charge is 2.39. The molecule has 0 saturated heterocycles. The topological polar surface area (TPSA) is 104 Å². The number of nitrogens with zero attached hydrogens (tertiary/aromatic N) is 4. The number of rotatable bonds is 4. The molecule has 2 saturated carbocycles. The third-order valence-corrected chi connectivity index (χ3v) is 5.58. The molecular formula is C20H26ClN5O2. The van der Waals surface area contributed by atoms with Gasteiger partial charge in [0.15, 0.2) is 5.82 Å². The molecule has 0 aliphatic heterocycles. The maximum atomic E-state index is 6.38. The Kier molecular flexibility index (Phi) is 4.50. The minimum atomic E-state index is -0.448. The van der Waals surface area contributed by atoms with Crippen LogP contribution in [0.15, 0.2) is 15.1 Å².